The predicted molar refractivity (Wildman–Crippen MR) is 87.4 cm³/mol. The van der Waals surface area contributed by atoms with E-state index in [1.807, 2.05) is 12.1 Å². The third-order valence-corrected chi connectivity index (χ3v) is 5.23. The van der Waals surface area contributed by atoms with E-state index in [2.05, 4.69) is 23.6 Å². The number of aliphatic hydroxyl groups excluding tert-OH is 2. The standard InChI is InChI=1S/C18H27FN2O2/c1-12-5-16(22)10-20(12)8-14-3-4-18(19)15(7-14)9-21-11-17(23)6-13(21)2/h3-4,7,12-13,16-17,22-23H,5-6,8-11H2,1-2H3. The lowest BCUT2D eigenvalue weighted by atomic mass is 10.1. The second-order valence-electron chi connectivity index (χ2n) is 7.26. The molecule has 2 saturated heterocycles. The molecule has 0 saturated carbocycles. The van der Waals surface area contributed by atoms with Gasteiger partial charge in [0.2, 0.25) is 0 Å². The van der Waals surface area contributed by atoms with E-state index in [1.54, 1.807) is 6.07 Å². The first-order valence-electron chi connectivity index (χ1n) is 8.54. The molecule has 5 heteroatoms. The van der Waals surface area contributed by atoms with Crippen LogP contribution in [0.1, 0.15) is 37.8 Å². The summed E-state index contributed by atoms with van der Waals surface area (Å²) in [5, 5.41) is 19.5. The van der Waals surface area contributed by atoms with Crippen molar-refractivity contribution >= 4 is 0 Å². The molecule has 2 aliphatic heterocycles. The van der Waals surface area contributed by atoms with Crippen LogP contribution in [-0.4, -0.2) is 57.4 Å². The van der Waals surface area contributed by atoms with Crippen LogP contribution in [0.3, 0.4) is 0 Å². The molecule has 0 spiro atoms. The molecule has 2 N–H and O–H groups in total. The van der Waals surface area contributed by atoms with Crippen molar-refractivity contribution in [1.82, 2.24) is 9.80 Å². The van der Waals surface area contributed by atoms with Crippen LogP contribution in [-0.2, 0) is 13.1 Å². The molecule has 0 bridgehead atoms. The van der Waals surface area contributed by atoms with E-state index in [0.717, 1.165) is 24.9 Å². The van der Waals surface area contributed by atoms with Crippen molar-refractivity contribution in [3.63, 3.8) is 0 Å². The first kappa shape index (κ1) is 16.8. The predicted octanol–water partition coefficient (Wildman–Crippen LogP) is 1.74. The number of hydrogen-bond acceptors (Lipinski definition) is 4. The normalized spacial score (nSPS) is 32.7. The fourth-order valence-electron chi connectivity index (χ4n) is 3.88. The van der Waals surface area contributed by atoms with Crippen molar-refractivity contribution in [2.75, 3.05) is 13.1 Å². The highest BCUT2D eigenvalue weighted by Crippen LogP contribution is 2.24. The number of likely N-dealkylation sites (tertiary alicyclic amines) is 2. The van der Waals surface area contributed by atoms with Gasteiger partial charge >= 0.3 is 0 Å². The van der Waals surface area contributed by atoms with Crippen molar-refractivity contribution in [2.24, 2.45) is 0 Å². The van der Waals surface area contributed by atoms with Crippen LogP contribution < -0.4 is 0 Å². The second kappa shape index (κ2) is 6.85. The molecular formula is C18H27FN2O2. The molecule has 0 aromatic heterocycles. The van der Waals surface area contributed by atoms with E-state index in [9.17, 15) is 14.6 Å². The topological polar surface area (TPSA) is 46.9 Å². The van der Waals surface area contributed by atoms with Crippen LogP contribution in [0.5, 0.6) is 0 Å². The number of nitrogens with zero attached hydrogens (tertiary/aromatic N) is 2. The fourth-order valence-corrected chi connectivity index (χ4v) is 3.88. The van der Waals surface area contributed by atoms with Gasteiger partial charge in [0.05, 0.1) is 12.2 Å². The summed E-state index contributed by atoms with van der Waals surface area (Å²) in [5.74, 6) is -0.183. The Morgan fingerprint density at radius 3 is 2.09 bits per heavy atom. The first-order valence-corrected chi connectivity index (χ1v) is 8.54. The smallest absolute Gasteiger partial charge is 0.127 e. The van der Waals surface area contributed by atoms with E-state index < -0.39 is 0 Å². The van der Waals surface area contributed by atoms with Crippen LogP contribution in [0.4, 0.5) is 4.39 Å². The molecule has 1 aromatic carbocycles. The highest BCUT2D eigenvalue weighted by atomic mass is 19.1. The van der Waals surface area contributed by atoms with Gasteiger partial charge in [0, 0.05) is 43.8 Å². The first-order chi connectivity index (χ1) is 10.9. The minimum Gasteiger partial charge on any atom is -0.392 e. The molecule has 2 aliphatic rings. The van der Waals surface area contributed by atoms with Crippen LogP contribution in [0, 0.1) is 5.82 Å². The molecular weight excluding hydrogens is 295 g/mol. The number of halogens is 1. The second-order valence-corrected chi connectivity index (χ2v) is 7.26. The van der Waals surface area contributed by atoms with E-state index >= 15 is 0 Å². The maximum atomic E-state index is 14.2. The average Bonchev–Trinajstić information content (AvgIpc) is 2.95. The van der Waals surface area contributed by atoms with E-state index in [1.165, 1.54) is 0 Å². The third kappa shape index (κ3) is 3.91. The maximum absolute atomic E-state index is 14.2. The van der Waals surface area contributed by atoms with Gasteiger partial charge in [-0.3, -0.25) is 9.80 Å². The van der Waals surface area contributed by atoms with E-state index in [-0.39, 0.29) is 24.1 Å². The van der Waals surface area contributed by atoms with Crippen molar-refractivity contribution in [3.05, 3.63) is 35.1 Å². The van der Waals surface area contributed by atoms with Gasteiger partial charge in [-0.2, -0.15) is 0 Å². The summed E-state index contributed by atoms with van der Waals surface area (Å²) in [6, 6.07) is 5.94. The van der Waals surface area contributed by atoms with Gasteiger partial charge < -0.3 is 10.2 Å². The van der Waals surface area contributed by atoms with Gasteiger partial charge in [0.15, 0.2) is 0 Å². The summed E-state index contributed by atoms with van der Waals surface area (Å²) >= 11 is 0. The molecule has 0 amide bonds. The van der Waals surface area contributed by atoms with Gasteiger partial charge in [-0.1, -0.05) is 12.1 Å². The Hall–Kier alpha value is -1.01. The summed E-state index contributed by atoms with van der Waals surface area (Å²) in [7, 11) is 0. The van der Waals surface area contributed by atoms with Gasteiger partial charge in [-0.25, -0.2) is 4.39 Å². The van der Waals surface area contributed by atoms with Gasteiger partial charge in [-0.15, -0.1) is 0 Å². The lowest BCUT2D eigenvalue weighted by Gasteiger charge is -2.23. The van der Waals surface area contributed by atoms with Gasteiger partial charge in [-0.05, 0) is 38.3 Å². The van der Waals surface area contributed by atoms with Crippen LogP contribution in [0.15, 0.2) is 18.2 Å². The molecule has 4 nitrogen and oxygen atoms in total. The number of β-amino-alcohol motifs (C(OH)–C–C–N with tert-alkyl or cyclic N) is 2. The Kier molecular flexibility index (Phi) is 5.01. The number of rotatable bonds is 4. The largest absolute Gasteiger partial charge is 0.392 e. The Labute approximate surface area is 137 Å². The number of aliphatic hydroxyl groups is 2. The monoisotopic (exact) mass is 322 g/mol. The molecule has 1 aromatic rings. The van der Waals surface area contributed by atoms with Crippen molar-refractivity contribution in [3.8, 4) is 0 Å². The Morgan fingerprint density at radius 1 is 1.00 bits per heavy atom. The molecule has 23 heavy (non-hydrogen) atoms. The Morgan fingerprint density at radius 2 is 1.57 bits per heavy atom. The Bertz CT molecular complexity index is 554. The average molecular weight is 322 g/mol. The van der Waals surface area contributed by atoms with Crippen molar-refractivity contribution in [1.29, 1.82) is 0 Å². The van der Waals surface area contributed by atoms with E-state index in [0.29, 0.717) is 31.2 Å². The molecule has 4 atom stereocenters. The van der Waals surface area contributed by atoms with Crippen molar-refractivity contribution < 1.29 is 14.6 Å². The van der Waals surface area contributed by atoms with Crippen molar-refractivity contribution in [2.45, 2.75) is 64.1 Å². The highest BCUT2D eigenvalue weighted by Gasteiger charge is 2.29. The zero-order valence-corrected chi connectivity index (χ0v) is 14.0. The minimum absolute atomic E-state index is 0.183. The maximum Gasteiger partial charge on any atom is 0.127 e. The molecule has 4 unspecified atom stereocenters. The zero-order valence-electron chi connectivity index (χ0n) is 14.0. The summed E-state index contributed by atoms with van der Waals surface area (Å²) in [6.07, 6.45) is 1.00. The van der Waals surface area contributed by atoms with Gasteiger partial charge in [0.1, 0.15) is 5.82 Å². The highest BCUT2D eigenvalue weighted by molar-refractivity contribution is 5.25. The number of hydrogen-bond donors (Lipinski definition) is 2. The summed E-state index contributed by atoms with van der Waals surface area (Å²) in [5.41, 5.74) is 1.77. The summed E-state index contributed by atoms with van der Waals surface area (Å²) in [4.78, 5) is 4.37. The van der Waals surface area contributed by atoms with Crippen LogP contribution in [0.25, 0.3) is 0 Å². The quantitative estimate of drug-likeness (QED) is 0.886. The number of benzene rings is 1. The minimum atomic E-state index is -0.303. The fraction of sp³-hybridized carbons (Fsp3) is 0.667. The lowest BCUT2D eigenvalue weighted by molar-refractivity contribution is 0.172. The molecule has 0 aliphatic carbocycles. The lowest BCUT2D eigenvalue weighted by Crippen LogP contribution is -2.28. The molecule has 0 radical (unpaired) electrons. The zero-order chi connectivity index (χ0) is 16.6. The SMILES string of the molecule is CC1CC(O)CN1Cc1ccc(F)c(CN2CC(O)CC2C)c1. The molecule has 2 heterocycles. The van der Waals surface area contributed by atoms with Crippen LogP contribution >= 0.6 is 0 Å². The summed E-state index contributed by atoms with van der Waals surface area (Å²) in [6.45, 7) is 6.77. The van der Waals surface area contributed by atoms with E-state index in [4.69, 9.17) is 0 Å². The van der Waals surface area contributed by atoms with Crippen LogP contribution in [0.2, 0.25) is 0 Å². The Balaban J connectivity index is 1.69. The summed E-state index contributed by atoms with van der Waals surface area (Å²) < 4.78 is 14.2. The molecule has 2 fully saturated rings. The third-order valence-electron chi connectivity index (χ3n) is 5.23. The van der Waals surface area contributed by atoms with Gasteiger partial charge in [0.25, 0.3) is 0 Å². The molecule has 128 valence electrons. The molecule has 3 rings (SSSR count).